The predicted octanol–water partition coefficient (Wildman–Crippen LogP) is -1.74. The minimum absolute atomic E-state index is 0.0100. The van der Waals surface area contributed by atoms with Crippen molar-refractivity contribution in [3.63, 3.8) is 0 Å². The highest BCUT2D eigenvalue weighted by Crippen LogP contribution is 2.19. The van der Waals surface area contributed by atoms with Crippen LogP contribution in [0.4, 0.5) is 0 Å². The fraction of sp³-hybridized carbons (Fsp3) is 0.462. The van der Waals surface area contributed by atoms with Gasteiger partial charge in [-0.15, -0.1) is 0 Å². The number of H-pyrrole nitrogens is 1. The van der Waals surface area contributed by atoms with E-state index in [2.05, 4.69) is 25.9 Å². The molecule has 1 heterocycles. The van der Waals surface area contributed by atoms with Crippen molar-refractivity contribution in [1.29, 1.82) is 0 Å². The Kier molecular flexibility index (Phi) is 13.6. The molecule has 2 rings (SSSR count). The number of carbonyl (C=O) groups excluding carboxylic acids is 4. The molecule has 0 aliphatic heterocycles. The van der Waals surface area contributed by atoms with E-state index in [9.17, 15) is 29.1 Å². The van der Waals surface area contributed by atoms with Crippen molar-refractivity contribution in [3.05, 3.63) is 36.0 Å². The number of aliphatic carboxylic acids is 1. The zero-order chi connectivity index (χ0) is 31.2. The number of aromatic amines is 1. The second-order valence-electron chi connectivity index (χ2n) is 9.59. The summed E-state index contributed by atoms with van der Waals surface area (Å²) in [5.74, 6) is -3.87. The van der Waals surface area contributed by atoms with Gasteiger partial charge in [-0.3, -0.25) is 24.2 Å². The highest BCUT2D eigenvalue weighted by atomic mass is 32.2. The van der Waals surface area contributed by atoms with Gasteiger partial charge in [-0.25, -0.2) is 4.79 Å². The lowest BCUT2D eigenvalue weighted by molar-refractivity contribution is -0.142. The molecule has 4 unspecified atom stereocenters. The summed E-state index contributed by atoms with van der Waals surface area (Å²) in [6.45, 7) is 0.161. The van der Waals surface area contributed by atoms with Crippen LogP contribution in [0.1, 0.15) is 31.2 Å². The number of amides is 4. The molecule has 4 amide bonds. The third-order valence-corrected chi connectivity index (χ3v) is 6.94. The fourth-order valence-electron chi connectivity index (χ4n) is 4.13. The van der Waals surface area contributed by atoms with Gasteiger partial charge in [0, 0.05) is 30.1 Å². The molecule has 15 nitrogen and oxygen atoms in total. The van der Waals surface area contributed by atoms with Crippen molar-refractivity contribution in [2.45, 2.75) is 56.3 Å². The number of carboxylic acids is 1. The number of hydrogen-bond acceptors (Lipinski definition) is 8. The van der Waals surface area contributed by atoms with Crippen LogP contribution in [0.25, 0.3) is 10.9 Å². The van der Waals surface area contributed by atoms with Gasteiger partial charge in [-0.2, -0.15) is 11.8 Å². The first-order chi connectivity index (χ1) is 19.9. The van der Waals surface area contributed by atoms with Gasteiger partial charge >= 0.3 is 5.97 Å². The van der Waals surface area contributed by atoms with E-state index in [1.807, 2.05) is 30.5 Å². The first-order valence-electron chi connectivity index (χ1n) is 13.2. The van der Waals surface area contributed by atoms with Gasteiger partial charge in [0.15, 0.2) is 5.96 Å². The van der Waals surface area contributed by atoms with Gasteiger partial charge in [0.2, 0.25) is 23.6 Å². The van der Waals surface area contributed by atoms with E-state index in [4.69, 9.17) is 22.9 Å². The van der Waals surface area contributed by atoms with Gasteiger partial charge in [0.25, 0.3) is 0 Å². The number of fused-ring (bicyclic) bond motifs is 1. The summed E-state index contributed by atoms with van der Waals surface area (Å²) in [7, 11) is 0. The Morgan fingerprint density at radius 3 is 2.19 bits per heavy atom. The Bertz CT molecular complexity index is 1280. The summed E-state index contributed by atoms with van der Waals surface area (Å²) in [5, 5.41) is 18.3. The summed E-state index contributed by atoms with van der Waals surface area (Å²) in [5.41, 5.74) is 23.1. The van der Waals surface area contributed by atoms with E-state index < -0.39 is 60.2 Å². The van der Waals surface area contributed by atoms with E-state index >= 15 is 0 Å². The van der Waals surface area contributed by atoms with Crippen LogP contribution in [0.15, 0.2) is 35.5 Å². The topological polar surface area (TPSA) is 274 Å². The molecular weight excluding hydrogens is 566 g/mol. The maximum Gasteiger partial charge on any atom is 0.326 e. The number of carboxylic acid groups (broad SMARTS) is 1. The molecule has 13 N–H and O–H groups in total. The van der Waals surface area contributed by atoms with E-state index in [1.54, 1.807) is 6.20 Å². The van der Waals surface area contributed by atoms with Crippen LogP contribution in [0.5, 0.6) is 0 Å². The molecule has 0 saturated heterocycles. The number of guanidine groups is 1. The Balaban J connectivity index is 2.21. The molecule has 230 valence electrons. The summed E-state index contributed by atoms with van der Waals surface area (Å²) >= 11 is 1.43. The van der Waals surface area contributed by atoms with Crippen molar-refractivity contribution in [2.75, 3.05) is 18.6 Å². The normalized spacial score (nSPS) is 13.8. The number of aliphatic imine (C=N–C) groups is 1. The zero-order valence-corrected chi connectivity index (χ0v) is 24.1. The zero-order valence-electron chi connectivity index (χ0n) is 23.3. The molecule has 0 aliphatic rings. The molecule has 0 bridgehead atoms. The summed E-state index contributed by atoms with van der Waals surface area (Å²) in [4.78, 5) is 69.4. The molecular formula is C26H39N9O6S. The van der Waals surface area contributed by atoms with Crippen LogP contribution < -0.4 is 38.9 Å². The average molecular weight is 606 g/mol. The first kappa shape index (κ1) is 33.9. The largest absolute Gasteiger partial charge is 0.480 e. The maximum atomic E-state index is 13.4. The van der Waals surface area contributed by atoms with Crippen LogP contribution in [0.3, 0.4) is 0 Å². The molecule has 0 radical (unpaired) electrons. The average Bonchev–Trinajstić information content (AvgIpc) is 3.34. The lowest BCUT2D eigenvalue weighted by Gasteiger charge is -2.25. The number of nitrogens with two attached hydrogens (primary N) is 4. The second kappa shape index (κ2) is 16.8. The SMILES string of the molecule is CSCCC(NC(=O)C(N)CC(N)=O)C(=O)NC(CCCN=C(N)N)C(=O)NC(Cc1c[nH]c2ccccc12)C(=O)O. The van der Waals surface area contributed by atoms with Crippen molar-refractivity contribution in [3.8, 4) is 0 Å². The number of primary amides is 1. The van der Waals surface area contributed by atoms with Crippen LogP contribution in [-0.2, 0) is 30.4 Å². The minimum atomic E-state index is -1.30. The molecule has 1 aromatic heterocycles. The van der Waals surface area contributed by atoms with Crippen molar-refractivity contribution in [1.82, 2.24) is 20.9 Å². The van der Waals surface area contributed by atoms with Crippen LogP contribution in [0, 0.1) is 0 Å². The molecule has 0 aliphatic carbocycles. The third-order valence-electron chi connectivity index (χ3n) is 6.29. The Hall–Kier alpha value is -4.31. The smallest absolute Gasteiger partial charge is 0.326 e. The number of thioether (sulfide) groups is 1. The second-order valence-corrected chi connectivity index (χ2v) is 10.6. The monoisotopic (exact) mass is 605 g/mol. The lowest BCUT2D eigenvalue weighted by Crippen LogP contribution is -2.57. The number of nitrogens with one attached hydrogen (secondary N) is 4. The van der Waals surface area contributed by atoms with Crippen LogP contribution in [-0.4, -0.2) is 88.4 Å². The molecule has 16 heteroatoms. The van der Waals surface area contributed by atoms with Gasteiger partial charge in [-0.05, 0) is 42.9 Å². The van der Waals surface area contributed by atoms with Crippen LogP contribution in [0.2, 0.25) is 0 Å². The number of benzene rings is 1. The predicted molar refractivity (Wildman–Crippen MR) is 160 cm³/mol. The Morgan fingerprint density at radius 1 is 0.952 bits per heavy atom. The highest BCUT2D eigenvalue weighted by molar-refractivity contribution is 7.98. The Labute approximate surface area is 247 Å². The van der Waals surface area contributed by atoms with Gasteiger partial charge in [0.1, 0.15) is 18.1 Å². The standard InChI is InChI=1S/C26H39N9O6S/c1-42-10-8-19(33-22(37)16(27)12-21(28)36)24(39)34-18(7-4-9-31-26(29)30)23(38)35-20(25(40)41)11-14-13-32-17-6-3-2-5-15(14)17/h2-3,5-6,13,16,18-20,32H,4,7-12,27H2,1H3,(H2,28,36)(H,33,37)(H,34,39)(H,35,38)(H,40,41)(H4,29,30,31). The molecule has 42 heavy (non-hydrogen) atoms. The highest BCUT2D eigenvalue weighted by Gasteiger charge is 2.30. The molecule has 1 aromatic carbocycles. The van der Waals surface area contributed by atoms with Crippen LogP contribution >= 0.6 is 11.8 Å². The van der Waals surface area contributed by atoms with Crippen molar-refractivity contribution >= 4 is 58.2 Å². The lowest BCUT2D eigenvalue weighted by atomic mass is 10.0. The quantitative estimate of drug-likeness (QED) is 0.0525. The number of hydrogen-bond donors (Lipinski definition) is 9. The molecule has 2 aromatic rings. The van der Waals surface area contributed by atoms with E-state index in [0.29, 0.717) is 11.3 Å². The van der Waals surface area contributed by atoms with E-state index in [-0.39, 0.29) is 38.2 Å². The Morgan fingerprint density at radius 2 is 1.57 bits per heavy atom. The van der Waals surface area contributed by atoms with Gasteiger partial charge in [0.05, 0.1) is 12.5 Å². The number of aromatic nitrogens is 1. The van der Waals surface area contributed by atoms with Crippen molar-refractivity contribution in [2.24, 2.45) is 27.9 Å². The molecule has 0 spiro atoms. The summed E-state index contributed by atoms with van der Waals surface area (Å²) < 4.78 is 0. The first-order valence-corrected chi connectivity index (χ1v) is 14.6. The summed E-state index contributed by atoms with van der Waals surface area (Å²) in [6.07, 6.45) is 3.62. The number of para-hydroxylation sites is 1. The van der Waals surface area contributed by atoms with E-state index in [0.717, 1.165) is 10.9 Å². The molecule has 4 atom stereocenters. The maximum absolute atomic E-state index is 13.4. The molecule has 0 fully saturated rings. The fourth-order valence-corrected chi connectivity index (χ4v) is 4.60. The summed E-state index contributed by atoms with van der Waals surface area (Å²) in [6, 6.07) is 2.54. The third kappa shape index (κ3) is 10.9. The number of rotatable bonds is 18. The van der Waals surface area contributed by atoms with Gasteiger partial charge < -0.3 is 49.0 Å². The van der Waals surface area contributed by atoms with E-state index in [1.165, 1.54) is 11.8 Å². The number of nitrogens with zero attached hydrogens (tertiary/aromatic N) is 1. The van der Waals surface area contributed by atoms with Gasteiger partial charge in [-0.1, -0.05) is 18.2 Å². The van der Waals surface area contributed by atoms with Crippen molar-refractivity contribution < 1.29 is 29.1 Å². The number of carbonyl (C=O) groups is 5. The molecule has 0 saturated carbocycles. The minimum Gasteiger partial charge on any atom is -0.480 e.